The zero-order valence-corrected chi connectivity index (χ0v) is 20.9. The normalized spacial score (nSPS) is 14.5. The van der Waals surface area contributed by atoms with Crippen molar-refractivity contribution in [1.82, 2.24) is 5.32 Å². The number of hydrogen-bond acceptors (Lipinski definition) is 6. The minimum atomic E-state index is -0.789. The molecule has 3 aromatic carbocycles. The number of anilines is 1. The van der Waals surface area contributed by atoms with Gasteiger partial charge in [0, 0.05) is 0 Å². The van der Waals surface area contributed by atoms with E-state index in [9.17, 15) is 14.4 Å². The lowest BCUT2D eigenvalue weighted by atomic mass is 10.1. The summed E-state index contributed by atoms with van der Waals surface area (Å²) >= 11 is 0. The quantitative estimate of drug-likeness (QED) is 0.257. The Morgan fingerprint density at radius 1 is 0.811 bits per heavy atom. The van der Waals surface area contributed by atoms with Gasteiger partial charge in [-0.2, -0.15) is 0 Å². The van der Waals surface area contributed by atoms with Gasteiger partial charge in [-0.15, -0.1) is 0 Å². The van der Waals surface area contributed by atoms with Gasteiger partial charge < -0.3 is 14.2 Å². The summed E-state index contributed by atoms with van der Waals surface area (Å²) in [6.45, 7) is 6.76. The molecular formula is C29H28N2O6. The van der Waals surface area contributed by atoms with Crippen LogP contribution in [-0.2, 0) is 9.59 Å². The number of carbonyl (C=O) groups is 3. The number of imide groups is 2. The van der Waals surface area contributed by atoms with Crippen molar-refractivity contribution in [2.24, 2.45) is 0 Å². The molecule has 8 nitrogen and oxygen atoms in total. The highest BCUT2D eigenvalue weighted by molar-refractivity contribution is 6.39. The molecule has 0 aliphatic carbocycles. The van der Waals surface area contributed by atoms with Gasteiger partial charge in [0.2, 0.25) is 0 Å². The summed E-state index contributed by atoms with van der Waals surface area (Å²) < 4.78 is 17.4. The molecule has 0 bridgehead atoms. The van der Waals surface area contributed by atoms with Gasteiger partial charge in [-0.1, -0.05) is 42.0 Å². The minimum absolute atomic E-state index is 0.164. The first kappa shape index (κ1) is 25.5. The summed E-state index contributed by atoms with van der Waals surface area (Å²) in [5, 5.41) is 2.24. The van der Waals surface area contributed by atoms with Crippen LogP contribution in [0.3, 0.4) is 0 Å². The third kappa shape index (κ3) is 5.98. The Balaban J connectivity index is 1.51. The second kappa shape index (κ2) is 11.4. The van der Waals surface area contributed by atoms with E-state index in [1.54, 1.807) is 42.5 Å². The number of amides is 4. The van der Waals surface area contributed by atoms with E-state index in [0.717, 1.165) is 21.8 Å². The van der Waals surface area contributed by atoms with E-state index in [1.165, 1.54) is 6.08 Å². The second-order valence-electron chi connectivity index (χ2n) is 8.40. The van der Waals surface area contributed by atoms with Crippen LogP contribution in [0.1, 0.15) is 23.6 Å². The second-order valence-corrected chi connectivity index (χ2v) is 8.40. The average molecular weight is 501 g/mol. The number of carbonyl (C=O) groups excluding carboxylic acids is 3. The van der Waals surface area contributed by atoms with Crippen LogP contribution in [-0.4, -0.2) is 37.7 Å². The van der Waals surface area contributed by atoms with E-state index in [0.29, 0.717) is 42.6 Å². The van der Waals surface area contributed by atoms with Crippen molar-refractivity contribution in [3.63, 3.8) is 0 Å². The van der Waals surface area contributed by atoms with Crippen LogP contribution in [0.15, 0.2) is 72.3 Å². The van der Waals surface area contributed by atoms with Crippen molar-refractivity contribution < 1.29 is 28.6 Å². The molecular weight excluding hydrogens is 472 g/mol. The maximum atomic E-state index is 13.1. The highest BCUT2D eigenvalue weighted by Gasteiger charge is 2.36. The molecule has 0 unspecified atom stereocenters. The highest BCUT2D eigenvalue weighted by atomic mass is 16.5. The van der Waals surface area contributed by atoms with E-state index in [2.05, 4.69) is 5.32 Å². The molecule has 1 aliphatic heterocycles. The molecule has 0 atom stereocenters. The van der Waals surface area contributed by atoms with Gasteiger partial charge in [0.25, 0.3) is 11.8 Å². The molecule has 4 amide bonds. The predicted octanol–water partition coefficient (Wildman–Crippen LogP) is 4.83. The van der Waals surface area contributed by atoms with Crippen LogP contribution in [0.5, 0.6) is 17.2 Å². The summed E-state index contributed by atoms with van der Waals surface area (Å²) in [5.74, 6) is 0.303. The van der Waals surface area contributed by atoms with Gasteiger partial charge in [0.05, 0.1) is 12.3 Å². The lowest BCUT2D eigenvalue weighted by molar-refractivity contribution is -0.122. The molecule has 1 fully saturated rings. The fraction of sp³-hybridized carbons (Fsp3) is 0.207. The molecule has 3 aromatic rings. The molecule has 4 rings (SSSR count). The van der Waals surface area contributed by atoms with Crippen LogP contribution in [0.25, 0.3) is 6.08 Å². The number of nitrogens with zero attached hydrogens (tertiary/aromatic N) is 1. The first-order chi connectivity index (χ1) is 17.9. The lowest BCUT2D eigenvalue weighted by Gasteiger charge is -2.26. The van der Waals surface area contributed by atoms with Crippen LogP contribution in [0.4, 0.5) is 10.5 Å². The van der Waals surface area contributed by atoms with E-state index < -0.39 is 17.8 Å². The largest absolute Gasteiger partial charge is 0.490 e. The van der Waals surface area contributed by atoms with Crippen molar-refractivity contribution in [2.75, 3.05) is 24.7 Å². The van der Waals surface area contributed by atoms with E-state index >= 15 is 0 Å². The molecule has 1 heterocycles. The number of nitrogens with one attached hydrogen (secondary N) is 1. The molecule has 1 N–H and O–H groups in total. The first-order valence-corrected chi connectivity index (χ1v) is 11.9. The molecule has 0 aromatic heterocycles. The van der Waals surface area contributed by atoms with Crippen LogP contribution < -0.4 is 24.4 Å². The average Bonchev–Trinajstić information content (AvgIpc) is 2.87. The molecule has 0 radical (unpaired) electrons. The first-order valence-electron chi connectivity index (χ1n) is 11.9. The molecule has 1 saturated heterocycles. The number of para-hydroxylation sites is 1. The third-order valence-corrected chi connectivity index (χ3v) is 5.66. The van der Waals surface area contributed by atoms with E-state index in [4.69, 9.17) is 14.2 Å². The predicted molar refractivity (Wildman–Crippen MR) is 140 cm³/mol. The Morgan fingerprint density at radius 3 is 2.22 bits per heavy atom. The minimum Gasteiger partial charge on any atom is -0.490 e. The fourth-order valence-electron chi connectivity index (χ4n) is 3.78. The van der Waals surface area contributed by atoms with Crippen LogP contribution >= 0.6 is 0 Å². The van der Waals surface area contributed by atoms with E-state index in [-0.39, 0.29) is 5.57 Å². The number of urea groups is 1. The smallest absolute Gasteiger partial charge is 0.335 e. The fourth-order valence-corrected chi connectivity index (χ4v) is 3.78. The summed E-state index contributed by atoms with van der Waals surface area (Å²) in [7, 11) is 0. The molecule has 8 heteroatoms. The van der Waals surface area contributed by atoms with Crippen LogP contribution in [0.2, 0.25) is 0 Å². The lowest BCUT2D eigenvalue weighted by Crippen LogP contribution is -2.54. The maximum Gasteiger partial charge on any atom is 0.335 e. The monoisotopic (exact) mass is 500 g/mol. The Labute approximate surface area is 215 Å². The molecule has 1 aliphatic rings. The van der Waals surface area contributed by atoms with Gasteiger partial charge in [-0.05, 0) is 68.3 Å². The summed E-state index contributed by atoms with van der Waals surface area (Å²) in [4.78, 5) is 39.0. The van der Waals surface area contributed by atoms with Crippen molar-refractivity contribution in [3.8, 4) is 17.2 Å². The van der Waals surface area contributed by atoms with Crippen molar-refractivity contribution in [3.05, 3.63) is 89.0 Å². The number of benzene rings is 3. The zero-order valence-electron chi connectivity index (χ0n) is 20.9. The molecule has 37 heavy (non-hydrogen) atoms. The van der Waals surface area contributed by atoms with Gasteiger partial charge >= 0.3 is 6.03 Å². The van der Waals surface area contributed by atoms with Crippen molar-refractivity contribution in [2.45, 2.75) is 20.8 Å². The van der Waals surface area contributed by atoms with Gasteiger partial charge in [-0.3, -0.25) is 14.9 Å². The van der Waals surface area contributed by atoms with Gasteiger partial charge in [0.15, 0.2) is 11.5 Å². The summed E-state index contributed by atoms with van der Waals surface area (Å²) in [6, 6.07) is 18.9. The van der Waals surface area contributed by atoms with Gasteiger partial charge in [-0.25, -0.2) is 9.69 Å². The highest BCUT2D eigenvalue weighted by Crippen LogP contribution is 2.30. The molecule has 190 valence electrons. The number of ether oxygens (including phenoxy) is 3. The van der Waals surface area contributed by atoms with Crippen molar-refractivity contribution >= 4 is 29.6 Å². The standard InChI is InChI=1S/C29H28N2O6/c1-4-35-26-18-21(11-14-25(26)37-16-15-36-24-8-6-5-7-20(24)3)17-23-27(32)30-29(34)31(28(23)33)22-12-9-19(2)10-13-22/h5-14,17-18H,4,15-16H2,1-3H3,(H,30,32,34). The van der Waals surface area contributed by atoms with E-state index in [1.807, 2.05) is 45.0 Å². The topological polar surface area (TPSA) is 94.2 Å². The Hall–Kier alpha value is -4.59. The Kier molecular flexibility index (Phi) is 7.88. The van der Waals surface area contributed by atoms with Gasteiger partial charge in [0.1, 0.15) is 24.5 Å². The third-order valence-electron chi connectivity index (χ3n) is 5.66. The number of aryl methyl sites for hydroxylation is 2. The van der Waals surface area contributed by atoms with Crippen molar-refractivity contribution in [1.29, 1.82) is 0 Å². The molecule has 0 saturated carbocycles. The number of hydrogen-bond donors (Lipinski definition) is 1. The number of rotatable bonds is 9. The summed E-state index contributed by atoms with van der Waals surface area (Å²) in [5.41, 5.74) is 2.77. The maximum absolute atomic E-state index is 13.1. The Bertz CT molecular complexity index is 1350. The summed E-state index contributed by atoms with van der Waals surface area (Å²) in [6.07, 6.45) is 1.43. The zero-order chi connectivity index (χ0) is 26.4. The Morgan fingerprint density at radius 2 is 1.51 bits per heavy atom. The molecule has 0 spiro atoms. The van der Waals surface area contributed by atoms with Crippen LogP contribution in [0, 0.1) is 13.8 Å². The number of barbiturate groups is 1. The SMILES string of the molecule is CCOc1cc(C=C2C(=O)NC(=O)N(c3ccc(C)cc3)C2=O)ccc1OCCOc1ccccc1C.